The van der Waals surface area contributed by atoms with Crippen LogP contribution in [0.3, 0.4) is 0 Å². The Morgan fingerprint density at radius 2 is 1.97 bits per heavy atom. The van der Waals surface area contributed by atoms with Crippen LogP contribution in [0.2, 0.25) is 0 Å². The first-order chi connectivity index (χ1) is 14.7. The third-order valence-corrected chi connectivity index (χ3v) is 4.92. The van der Waals surface area contributed by atoms with E-state index in [1.807, 2.05) is 0 Å². The zero-order valence-corrected chi connectivity index (χ0v) is 16.8. The third kappa shape index (κ3) is 6.14. The average molecular weight is 434 g/mol. The smallest absolute Gasteiger partial charge is 0.420 e. The van der Waals surface area contributed by atoms with Crippen LogP contribution in [0.4, 0.5) is 18.9 Å². The predicted molar refractivity (Wildman–Crippen MR) is 115 cm³/mol. The van der Waals surface area contributed by atoms with Crippen molar-refractivity contribution in [2.24, 2.45) is 5.73 Å². The number of halogens is 3. The minimum Gasteiger partial charge on any atom is -0.507 e. The second-order valence-corrected chi connectivity index (χ2v) is 7.25. The van der Waals surface area contributed by atoms with Gasteiger partial charge in [0.25, 0.3) is 0 Å². The summed E-state index contributed by atoms with van der Waals surface area (Å²) in [6.07, 6.45) is -0.170. The molecule has 0 amide bonds. The van der Waals surface area contributed by atoms with Crippen LogP contribution in [-0.2, 0) is 6.18 Å². The summed E-state index contributed by atoms with van der Waals surface area (Å²) < 4.78 is 46.3. The van der Waals surface area contributed by atoms with Crippen molar-refractivity contribution in [2.75, 3.05) is 25.0 Å². The van der Waals surface area contributed by atoms with Crippen LogP contribution in [0, 0.1) is 5.41 Å². The van der Waals surface area contributed by atoms with Crippen molar-refractivity contribution in [1.82, 2.24) is 5.32 Å². The van der Waals surface area contributed by atoms with E-state index >= 15 is 0 Å². The molecule has 0 saturated carbocycles. The number of phenols is 1. The predicted octanol–water partition coefficient (Wildman–Crippen LogP) is 3.95. The monoisotopic (exact) mass is 434 g/mol. The van der Waals surface area contributed by atoms with Gasteiger partial charge in [0.05, 0.1) is 5.56 Å². The molecule has 1 aliphatic rings. The number of phenolic OH excluding ortho intramolecular Hbond substituents is 1. The lowest BCUT2D eigenvalue weighted by Crippen LogP contribution is -2.34. The lowest BCUT2D eigenvalue weighted by Gasteiger charge is -2.25. The van der Waals surface area contributed by atoms with Gasteiger partial charge in [0.2, 0.25) is 0 Å². The molecule has 2 aromatic rings. The number of rotatable bonds is 7. The Kier molecular flexibility index (Phi) is 7.06. The average Bonchev–Trinajstić information content (AvgIpc) is 2.73. The summed E-state index contributed by atoms with van der Waals surface area (Å²) in [4.78, 5) is 0. The van der Waals surface area contributed by atoms with E-state index in [4.69, 9.17) is 15.9 Å². The number of nitrogen functional groups attached to an aromatic ring is 1. The zero-order valence-electron chi connectivity index (χ0n) is 16.8. The van der Waals surface area contributed by atoms with E-state index in [-0.39, 0.29) is 30.0 Å². The van der Waals surface area contributed by atoms with Crippen molar-refractivity contribution in [3.05, 3.63) is 59.2 Å². The first-order valence-corrected chi connectivity index (χ1v) is 9.90. The number of nitrogens with two attached hydrogens (primary N) is 1. The molecular formula is C22H25F3N4O2. The van der Waals surface area contributed by atoms with Crippen LogP contribution >= 0.6 is 0 Å². The molecule has 2 aromatic carbocycles. The number of amidine groups is 1. The van der Waals surface area contributed by atoms with Crippen LogP contribution in [0.25, 0.3) is 6.08 Å². The first-order valence-electron chi connectivity index (χ1n) is 9.90. The quantitative estimate of drug-likeness (QED) is 0.335. The van der Waals surface area contributed by atoms with Crippen molar-refractivity contribution in [3.63, 3.8) is 0 Å². The Hall–Kier alpha value is -3.20. The summed E-state index contributed by atoms with van der Waals surface area (Å²) >= 11 is 0. The van der Waals surface area contributed by atoms with Gasteiger partial charge in [-0.1, -0.05) is 12.2 Å². The number of piperidine rings is 1. The summed E-state index contributed by atoms with van der Waals surface area (Å²) in [5, 5.41) is 23.4. The molecule has 0 radical (unpaired) electrons. The fourth-order valence-electron chi connectivity index (χ4n) is 3.28. The van der Waals surface area contributed by atoms with Gasteiger partial charge in [0.15, 0.2) is 0 Å². The standard InChI is InChI=1S/C22H25F3N4O2/c23-22(24,25)18-13-16(4-6-20(18)31-17-7-10-28-11-8-17)29-9-1-2-14-12-15(21(26)27)3-5-19(14)30/h1-6,12-13,17,28-30H,7-11H2,(H3,26,27). The summed E-state index contributed by atoms with van der Waals surface area (Å²) in [7, 11) is 0. The molecule has 0 aliphatic carbocycles. The number of benzene rings is 2. The Morgan fingerprint density at radius 3 is 2.65 bits per heavy atom. The van der Waals surface area contributed by atoms with E-state index in [1.165, 1.54) is 18.2 Å². The first kappa shape index (κ1) is 22.5. The maximum atomic E-state index is 13.6. The second-order valence-electron chi connectivity index (χ2n) is 7.25. The van der Waals surface area contributed by atoms with Gasteiger partial charge in [0, 0.05) is 23.4 Å². The van der Waals surface area contributed by atoms with E-state index in [0.717, 1.165) is 19.2 Å². The summed E-state index contributed by atoms with van der Waals surface area (Å²) in [5.41, 5.74) is 5.85. The fraction of sp³-hybridized carbons (Fsp3) is 0.318. The van der Waals surface area contributed by atoms with Gasteiger partial charge in [-0.15, -0.1) is 0 Å². The van der Waals surface area contributed by atoms with E-state index in [0.29, 0.717) is 29.7 Å². The Bertz CT molecular complexity index is 954. The summed E-state index contributed by atoms with van der Waals surface area (Å²) in [5.74, 6) is -0.272. The summed E-state index contributed by atoms with van der Waals surface area (Å²) in [6.45, 7) is 1.68. The number of anilines is 1. The van der Waals surface area contributed by atoms with Gasteiger partial charge in [-0.2, -0.15) is 13.2 Å². The highest BCUT2D eigenvalue weighted by molar-refractivity contribution is 5.95. The Labute approximate surface area is 178 Å². The highest BCUT2D eigenvalue weighted by atomic mass is 19.4. The molecule has 1 fully saturated rings. The molecule has 0 unspecified atom stereocenters. The number of alkyl halides is 3. The molecule has 31 heavy (non-hydrogen) atoms. The van der Waals surface area contributed by atoms with Crippen molar-refractivity contribution >= 4 is 17.6 Å². The lowest BCUT2D eigenvalue weighted by molar-refractivity contribution is -0.139. The van der Waals surface area contributed by atoms with Crippen molar-refractivity contribution in [3.8, 4) is 11.5 Å². The van der Waals surface area contributed by atoms with E-state index < -0.39 is 11.7 Å². The number of ether oxygens (including phenoxy) is 1. The topological polar surface area (TPSA) is 103 Å². The van der Waals surface area contributed by atoms with E-state index in [9.17, 15) is 18.3 Å². The Morgan fingerprint density at radius 1 is 1.23 bits per heavy atom. The summed E-state index contributed by atoms with van der Waals surface area (Å²) in [6, 6.07) is 8.45. The third-order valence-electron chi connectivity index (χ3n) is 4.92. The molecule has 0 atom stereocenters. The maximum absolute atomic E-state index is 13.6. The molecule has 1 aliphatic heterocycles. The molecular weight excluding hydrogens is 409 g/mol. The molecule has 9 heteroatoms. The van der Waals surface area contributed by atoms with Crippen LogP contribution < -0.4 is 21.1 Å². The minimum atomic E-state index is -4.53. The van der Waals surface area contributed by atoms with Gasteiger partial charge in [-0.3, -0.25) is 5.41 Å². The van der Waals surface area contributed by atoms with Crippen molar-refractivity contribution < 1.29 is 23.0 Å². The van der Waals surface area contributed by atoms with Crippen LogP contribution in [0.5, 0.6) is 11.5 Å². The van der Waals surface area contributed by atoms with Gasteiger partial charge >= 0.3 is 6.18 Å². The SMILES string of the molecule is N=C(N)c1ccc(O)c(C=CCNc2ccc(OC3CCNCC3)c(C(F)(F)F)c2)c1. The number of hydrogen-bond acceptors (Lipinski definition) is 5. The molecule has 0 spiro atoms. The van der Waals surface area contributed by atoms with Gasteiger partial charge in [-0.25, -0.2) is 0 Å². The van der Waals surface area contributed by atoms with Gasteiger partial charge < -0.3 is 26.2 Å². The minimum absolute atomic E-state index is 0.0139. The Balaban J connectivity index is 1.68. The van der Waals surface area contributed by atoms with Crippen LogP contribution in [0.15, 0.2) is 42.5 Å². The molecule has 6 nitrogen and oxygen atoms in total. The number of nitrogens with one attached hydrogen (secondary N) is 3. The highest BCUT2D eigenvalue weighted by Gasteiger charge is 2.35. The molecule has 6 N–H and O–H groups in total. The second kappa shape index (κ2) is 9.74. The largest absolute Gasteiger partial charge is 0.507 e. The molecule has 3 rings (SSSR count). The fourth-order valence-corrected chi connectivity index (χ4v) is 3.28. The number of hydrogen-bond donors (Lipinski definition) is 5. The van der Waals surface area contributed by atoms with Crippen LogP contribution in [-0.4, -0.2) is 36.7 Å². The van der Waals surface area contributed by atoms with Gasteiger partial charge in [0.1, 0.15) is 23.4 Å². The molecule has 0 bridgehead atoms. The number of aromatic hydroxyl groups is 1. The normalized spacial score (nSPS) is 15.2. The van der Waals surface area contributed by atoms with E-state index in [1.54, 1.807) is 24.3 Å². The van der Waals surface area contributed by atoms with Crippen LogP contribution in [0.1, 0.15) is 29.5 Å². The molecule has 0 aromatic heterocycles. The van der Waals surface area contributed by atoms with Crippen molar-refractivity contribution in [2.45, 2.75) is 25.1 Å². The van der Waals surface area contributed by atoms with Gasteiger partial charge in [-0.05, 0) is 62.3 Å². The molecule has 1 heterocycles. The molecule has 1 saturated heterocycles. The van der Waals surface area contributed by atoms with Crippen molar-refractivity contribution in [1.29, 1.82) is 5.41 Å². The lowest BCUT2D eigenvalue weighted by atomic mass is 10.1. The zero-order chi connectivity index (χ0) is 22.4. The van der Waals surface area contributed by atoms with E-state index in [2.05, 4.69) is 10.6 Å². The molecule has 166 valence electrons. The highest BCUT2D eigenvalue weighted by Crippen LogP contribution is 2.38. The maximum Gasteiger partial charge on any atom is 0.420 e.